The van der Waals surface area contributed by atoms with Crippen molar-refractivity contribution >= 4 is 32.0 Å². The molecule has 0 atom stereocenters. The molecule has 6 nitrogen and oxygen atoms in total. The molecule has 0 radical (unpaired) electrons. The summed E-state index contributed by atoms with van der Waals surface area (Å²) in [5.41, 5.74) is 4.52. The van der Waals surface area contributed by atoms with E-state index >= 15 is 0 Å². The Bertz CT molecular complexity index is 1190. The minimum atomic E-state index is -3.19. The molecule has 3 aromatic heterocycles. The van der Waals surface area contributed by atoms with Crippen LogP contribution in [0.25, 0.3) is 28.2 Å². The van der Waals surface area contributed by atoms with E-state index in [1.165, 1.54) is 6.26 Å². The summed E-state index contributed by atoms with van der Waals surface area (Å²) in [7, 11) is -1.35. The number of thiazole rings is 1. The lowest BCUT2D eigenvalue weighted by atomic mass is 10.1. The Labute approximate surface area is 155 Å². The van der Waals surface area contributed by atoms with E-state index in [2.05, 4.69) is 15.3 Å². The molecule has 1 N–H and O–H groups in total. The maximum atomic E-state index is 11.6. The van der Waals surface area contributed by atoms with E-state index in [0.29, 0.717) is 4.90 Å². The van der Waals surface area contributed by atoms with Crippen molar-refractivity contribution in [3.63, 3.8) is 0 Å². The first-order valence-electron chi connectivity index (χ1n) is 7.87. The van der Waals surface area contributed by atoms with Gasteiger partial charge in [-0.25, -0.2) is 18.4 Å². The summed E-state index contributed by atoms with van der Waals surface area (Å²) in [6.45, 7) is 0. The SMILES string of the molecule is CNc1nc(-c2cnc3cc(-c4ccc(S(C)(=O)=O)cc4)ccn23)cs1. The Balaban J connectivity index is 1.73. The van der Waals surface area contributed by atoms with Gasteiger partial charge in [0.1, 0.15) is 11.3 Å². The van der Waals surface area contributed by atoms with Gasteiger partial charge in [-0.1, -0.05) is 12.1 Å². The number of benzene rings is 1. The van der Waals surface area contributed by atoms with Crippen LogP contribution in [0, 0.1) is 0 Å². The van der Waals surface area contributed by atoms with Crippen LogP contribution in [0.4, 0.5) is 5.13 Å². The molecule has 0 aliphatic rings. The van der Waals surface area contributed by atoms with Crippen LogP contribution in [0.1, 0.15) is 0 Å². The van der Waals surface area contributed by atoms with E-state index in [9.17, 15) is 8.42 Å². The molecule has 4 aromatic rings. The van der Waals surface area contributed by atoms with Crippen LogP contribution in [0.2, 0.25) is 0 Å². The molecule has 1 aromatic carbocycles. The van der Waals surface area contributed by atoms with Gasteiger partial charge >= 0.3 is 0 Å². The number of aromatic nitrogens is 3. The minimum absolute atomic E-state index is 0.314. The summed E-state index contributed by atoms with van der Waals surface area (Å²) in [4.78, 5) is 9.32. The molecule has 132 valence electrons. The second kappa shape index (κ2) is 6.22. The molecule has 0 amide bonds. The lowest BCUT2D eigenvalue weighted by Crippen LogP contribution is -1.96. The lowest BCUT2D eigenvalue weighted by Gasteiger charge is -2.05. The van der Waals surface area contributed by atoms with Gasteiger partial charge in [0.25, 0.3) is 0 Å². The monoisotopic (exact) mass is 384 g/mol. The van der Waals surface area contributed by atoms with E-state index in [1.807, 2.05) is 47.3 Å². The number of nitrogens with one attached hydrogen (secondary N) is 1. The van der Waals surface area contributed by atoms with Crippen molar-refractivity contribution in [2.45, 2.75) is 4.90 Å². The third-order valence-corrected chi connectivity index (χ3v) is 6.10. The zero-order chi connectivity index (χ0) is 18.3. The van der Waals surface area contributed by atoms with E-state index in [4.69, 9.17) is 0 Å². The Kier molecular flexibility index (Phi) is 4.01. The van der Waals surface area contributed by atoms with Gasteiger partial charge in [0.2, 0.25) is 0 Å². The normalized spacial score (nSPS) is 11.8. The minimum Gasteiger partial charge on any atom is -0.365 e. The molecular weight excluding hydrogens is 368 g/mol. The smallest absolute Gasteiger partial charge is 0.183 e. The van der Waals surface area contributed by atoms with E-state index in [0.717, 1.165) is 33.3 Å². The van der Waals surface area contributed by atoms with Crippen LogP contribution in [0.3, 0.4) is 0 Å². The average Bonchev–Trinajstić information content (AvgIpc) is 3.27. The molecule has 0 aliphatic carbocycles. The summed E-state index contributed by atoms with van der Waals surface area (Å²) < 4.78 is 25.2. The van der Waals surface area contributed by atoms with Gasteiger partial charge in [-0.2, -0.15) is 0 Å². The first-order valence-corrected chi connectivity index (χ1v) is 10.6. The van der Waals surface area contributed by atoms with Gasteiger partial charge in [-0.15, -0.1) is 11.3 Å². The molecule has 8 heteroatoms. The quantitative estimate of drug-likeness (QED) is 0.582. The average molecular weight is 384 g/mol. The summed E-state index contributed by atoms with van der Waals surface area (Å²) in [5, 5.41) is 5.89. The molecule has 0 spiro atoms. The third kappa shape index (κ3) is 2.97. The number of hydrogen-bond acceptors (Lipinski definition) is 6. The molecule has 0 bridgehead atoms. The van der Waals surface area contributed by atoms with Crippen molar-refractivity contribution in [1.29, 1.82) is 0 Å². The van der Waals surface area contributed by atoms with Crippen LogP contribution in [0.15, 0.2) is 59.1 Å². The van der Waals surface area contributed by atoms with Crippen LogP contribution in [0.5, 0.6) is 0 Å². The molecule has 0 saturated carbocycles. The van der Waals surface area contributed by atoms with Crippen LogP contribution >= 0.6 is 11.3 Å². The Morgan fingerprint density at radius 1 is 1.12 bits per heavy atom. The van der Waals surface area contributed by atoms with Crippen molar-refractivity contribution in [2.24, 2.45) is 0 Å². The first kappa shape index (κ1) is 16.7. The van der Waals surface area contributed by atoms with Crippen molar-refractivity contribution in [3.8, 4) is 22.5 Å². The number of rotatable bonds is 4. The van der Waals surface area contributed by atoms with Gasteiger partial charge in [-0.3, -0.25) is 4.40 Å². The number of imidazole rings is 1. The van der Waals surface area contributed by atoms with Crippen molar-refractivity contribution in [1.82, 2.24) is 14.4 Å². The second-order valence-electron chi connectivity index (χ2n) is 5.87. The van der Waals surface area contributed by atoms with Gasteiger partial charge in [0.15, 0.2) is 15.0 Å². The molecule has 3 heterocycles. The zero-order valence-electron chi connectivity index (χ0n) is 14.2. The summed E-state index contributed by atoms with van der Waals surface area (Å²) in [5.74, 6) is 0. The highest BCUT2D eigenvalue weighted by Crippen LogP contribution is 2.28. The molecule has 26 heavy (non-hydrogen) atoms. The fraction of sp³-hybridized carbons (Fsp3) is 0.111. The Morgan fingerprint density at radius 2 is 1.88 bits per heavy atom. The second-order valence-corrected chi connectivity index (χ2v) is 8.75. The number of hydrogen-bond donors (Lipinski definition) is 1. The number of nitrogens with zero attached hydrogens (tertiary/aromatic N) is 3. The van der Waals surface area contributed by atoms with E-state index < -0.39 is 9.84 Å². The molecule has 0 aliphatic heterocycles. The zero-order valence-corrected chi connectivity index (χ0v) is 15.8. The standard InChI is InChI=1S/C18H16N4O2S2/c1-19-18-21-15(11-25-18)16-10-20-17-9-13(7-8-22(16)17)12-3-5-14(6-4-12)26(2,23)24/h3-11H,1-2H3,(H,19,21). The van der Waals surface area contributed by atoms with Crippen LogP contribution in [-0.2, 0) is 9.84 Å². The highest BCUT2D eigenvalue weighted by atomic mass is 32.2. The van der Waals surface area contributed by atoms with Gasteiger partial charge < -0.3 is 5.32 Å². The third-order valence-electron chi connectivity index (χ3n) is 4.11. The summed E-state index contributed by atoms with van der Waals surface area (Å²) >= 11 is 1.55. The fourth-order valence-electron chi connectivity index (χ4n) is 2.75. The highest BCUT2D eigenvalue weighted by Gasteiger charge is 2.11. The summed E-state index contributed by atoms with van der Waals surface area (Å²) in [6, 6.07) is 10.8. The van der Waals surface area contributed by atoms with Gasteiger partial charge in [0.05, 0.1) is 16.8 Å². The highest BCUT2D eigenvalue weighted by molar-refractivity contribution is 7.90. The predicted octanol–water partition coefficient (Wildman–Crippen LogP) is 3.57. The largest absolute Gasteiger partial charge is 0.365 e. The van der Waals surface area contributed by atoms with Crippen molar-refractivity contribution in [2.75, 3.05) is 18.6 Å². The molecule has 0 fully saturated rings. The van der Waals surface area contributed by atoms with Gasteiger partial charge in [-0.05, 0) is 35.4 Å². The Morgan fingerprint density at radius 3 is 2.54 bits per heavy atom. The summed E-state index contributed by atoms with van der Waals surface area (Å²) in [6.07, 6.45) is 4.97. The van der Waals surface area contributed by atoms with E-state index in [-0.39, 0.29) is 0 Å². The first-order chi connectivity index (χ1) is 12.5. The predicted molar refractivity (Wildman–Crippen MR) is 104 cm³/mol. The topological polar surface area (TPSA) is 76.4 Å². The van der Waals surface area contributed by atoms with E-state index in [1.54, 1.807) is 29.7 Å². The van der Waals surface area contributed by atoms with Crippen LogP contribution < -0.4 is 5.32 Å². The number of pyridine rings is 1. The number of sulfone groups is 1. The Hall–Kier alpha value is -2.71. The van der Waals surface area contributed by atoms with Crippen molar-refractivity contribution < 1.29 is 8.42 Å². The lowest BCUT2D eigenvalue weighted by molar-refractivity contribution is 0.602. The maximum absolute atomic E-state index is 11.6. The fourth-order valence-corrected chi connectivity index (χ4v) is 4.05. The molecule has 0 unspecified atom stereocenters. The van der Waals surface area contributed by atoms with Gasteiger partial charge in [0, 0.05) is 24.9 Å². The maximum Gasteiger partial charge on any atom is 0.183 e. The number of anilines is 1. The van der Waals surface area contributed by atoms with Crippen molar-refractivity contribution in [3.05, 3.63) is 54.2 Å². The number of fused-ring (bicyclic) bond motifs is 1. The molecular formula is C18H16N4O2S2. The molecule has 4 rings (SSSR count). The molecule has 0 saturated heterocycles. The van der Waals surface area contributed by atoms with Crippen LogP contribution in [-0.4, -0.2) is 36.1 Å².